The highest BCUT2D eigenvalue weighted by molar-refractivity contribution is 5.78. The molecule has 1 heterocycles. The minimum atomic E-state index is 0.0692. The molecule has 0 aromatic rings. The van der Waals surface area contributed by atoms with E-state index >= 15 is 0 Å². The van der Waals surface area contributed by atoms with Crippen LogP contribution in [0.25, 0.3) is 0 Å². The van der Waals surface area contributed by atoms with Crippen molar-refractivity contribution in [1.82, 2.24) is 4.90 Å². The van der Waals surface area contributed by atoms with Crippen molar-refractivity contribution in [2.24, 2.45) is 5.73 Å². The molecule has 0 spiro atoms. The van der Waals surface area contributed by atoms with E-state index in [9.17, 15) is 4.79 Å². The van der Waals surface area contributed by atoms with Crippen LogP contribution in [0.3, 0.4) is 0 Å². The zero-order valence-electron chi connectivity index (χ0n) is 7.98. The molecular formula is C10H14N2O2. The highest BCUT2D eigenvalue weighted by Crippen LogP contribution is 2.15. The summed E-state index contributed by atoms with van der Waals surface area (Å²) in [6, 6.07) is 0.165. The highest BCUT2D eigenvalue weighted by atomic mass is 16.5. The van der Waals surface area contributed by atoms with Crippen LogP contribution < -0.4 is 5.73 Å². The molecule has 4 heteroatoms. The molecule has 4 nitrogen and oxygen atoms in total. The van der Waals surface area contributed by atoms with Gasteiger partial charge in [0, 0.05) is 12.2 Å². The van der Waals surface area contributed by atoms with Crippen molar-refractivity contribution in [2.45, 2.75) is 12.5 Å². The Hall–Kier alpha value is -1.29. The number of carbonyl (C=O) groups excluding carboxylic acids is 1. The Balaban J connectivity index is 2.02. The van der Waals surface area contributed by atoms with E-state index < -0.39 is 0 Å². The fraction of sp³-hybridized carbons (Fsp3) is 0.500. The topological polar surface area (TPSA) is 55.6 Å². The van der Waals surface area contributed by atoms with Gasteiger partial charge in [0.1, 0.15) is 6.61 Å². The molecule has 2 rings (SSSR count). The maximum Gasteiger partial charge on any atom is 0.249 e. The minimum Gasteiger partial charge on any atom is -0.399 e. The van der Waals surface area contributed by atoms with Gasteiger partial charge in [-0.15, -0.1) is 0 Å². The van der Waals surface area contributed by atoms with Crippen molar-refractivity contribution in [3.05, 3.63) is 23.9 Å². The summed E-state index contributed by atoms with van der Waals surface area (Å²) in [5.41, 5.74) is 6.39. The van der Waals surface area contributed by atoms with Crippen molar-refractivity contribution in [3.63, 3.8) is 0 Å². The zero-order chi connectivity index (χ0) is 9.97. The number of hydrogen-bond acceptors (Lipinski definition) is 3. The van der Waals surface area contributed by atoms with Gasteiger partial charge >= 0.3 is 0 Å². The number of amides is 1. The summed E-state index contributed by atoms with van der Waals surface area (Å²) in [6.45, 7) is 1.53. The van der Waals surface area contributed by atoms with Gasteiger partial charge in [-0.25, -0.2) is 0 Å². The van der Waals surface area contributed by atoms with Crippen LogP contribution in [0.5, 0.6) is 0 Å². The number of allylic oxidation sites excluding steroid dienone is 1. The Labute approximate surface area is 83.0 Å². The first kappa shape index (κ1) is 9.27. The molecule has 76 valence electrons. The van der Waals surface area contributed by atoms with Crippen LogP contribution in [0.1, 0.15) is 6.42 Å². The van der Waals surface area contributed by atoms with E-state index in [1.165, 1.54) is 0 Å². The lowest BCUT2D eigenvalue weighted by Crippen LogP contribution is -2.47. The number of nitrogens with zero attached hydrogens (tertiary/aromatic N) is 1. The van der Waals surface area contributed by atoms with Crippen molar-refractivity contribution in [1.29, 1.82) is 0 Å². The van der Waals surface area contributed by atoms with Crippen LogP contribution in [0.15, 0.2) is 23.9 Å². The third-order valence-electron chi connectivity index (χ3n) is 2.53. The third-order valence-corrected chi connectivity index (χ3v) is 2.53. The summed E-state index contributed by atoms with van der Waals surface area (Å²) in [7, 11) is 0. The van der Waals surface area contributed by atoms with Crippen LogP contribution in [0.2, 0.25) is 0 Å². The van der Waals surface area contributed by atoms with E-state index in [-0.39, 0.29) is 18.6 Å². The van der Waals surface area contributed by atoms with Crippen LogP contribution in [-0.2, 0) is 9.53 Å². The van der Waals surface area contributed by atoms with E-state index in [2.05, 4.69) is 0 Å². The molecule has 0 aromatic carbocycles. The molecule has 1 atom stereocenters. The number of carbonyl (C=O) groups is 1. The lowest BCUT2D eigenvalue weighted by molar-refractivity contribution is -0.144. The van der Waals surface area contributed by atoms with Crippen LogP contribution in [-0.4, -0.2) is 36.6 Å². The average Bonchev–Trinajstić information content (AvgIpc) is 2.20. The Bertz CT molecular complexity index is 296. The molecule has 0 radical (unpaired) electrons. The summed E-state index contributed by atoms with van der Waals surface area (Å²) < 4.78 is 5.07. The molecule has 0 bridgehead atoms. The maximum atomic E-state index is 11.5. The van der Waals surface area contributed by atoms with E-state index in [1.807, 2.05) is 23.1 Å². The van der Waals surface area contributed by atoms with Gasteiger partial charge in [-0.1, -0.05) is 12.2 Å². The molecule has 1 aliphatic carbocycles. The van der Waals surface area contributed by atoms with Gasteiger partial charge in [0.2, 0.25) is 5.91 Å². The first-order valence-electron chi connectivity index (χ1n) is 4.78. The molecular weight excluding hydrogens is 180 g/mol. The Morgan fingerprint density at radius 3 is 3.07 bits per heavy atom. The largest absolute Gasteiger partial charge is 0.399 e. The second kappa shape index (κ2) is 3.84. The SMILES string of the molecule is NC1=CCC(N2CCOCC2=O)C=C1. The maximum absolute atomic E-state index is 11.5. The molecule has 0 saturated carbocycles. The zero-order valence-corrected chi connectivity index (χ0v) is 7.98. The molecule has 14 heavy (non-hydrogen) atoms. The number of hydrogen-bond donors (Lipinski definition) is 1. The lowest BCUT2D eigenvalue weighted by Gasteiger charge is -2.33. The fourth-order valence-electron chi connectivity index (χ4n) is 1.74. The van der Waals surface area contributed by atoms with Crippen molar-refractivity contribution in [2.75, 3.05) is 19.8 Å². The smallest absolute Gasteiger partial charge is 0.249 e. The van der Waals surface area contributed by atoms with Gasteiger partial charge in [-0.2, -0.15) is 0 Å². The number of ether oxygens (including phenoxy) is 1. The lowest BCUT2D eigenvalue weighted by atomic mass is 10.1. The molecule has 1 amide bonds. The van der Waals surface area contributed by atoms with Gasteiger partial charge in [-0.05, 0) is 12.5 Å². The summed E-state index contributed by atoms with van der Waals surface area (Å²) in [6.07, 6.45) is 6.61. The van der Waals surface area contributed by atoms with Gasteiger partial charge in [-0.3, -0.25) is 4.79 Å². The predicted octanol–water partition coefficient (Wildman–Crippen LogP) is 0.0163. The molecule has 1 saturated heterocycles. The molecule has 0 aromatic heterocycles. The average molecular weight is 194 g/mol. The van der Waals surface area contributed by atoms with Gasteiger partial charge < -0.3 is 15.4 Å². The summed E-state index contributed by atoms with van der Waals surface area (Å²) in [5.74, 6) is 0.0692. The van der Waals surface area contributed by atoms with Gasteiger partial charge in [0.05, 0.1) is 12.6 Å². The first-order valence-corrected chi connectivity index (χ1v) is 4.78. The van der Waals surface area contributed by atoms with Crippen molar-refractivity contribution in [3.8, 4) is 0 Å². The monoisotopic (exact) mass is 194 g/mol. The number of nitrogens with two attached hydrogens (primary N) is 1. The van der Waals surface area contributed by atoms with Crippen LogP contribution >= 0.6 is 0 Å². The minimum absolute atomic E-state index is 0.0692. The summed E-state index contributed by atoms with van der Waals surface area (Å²) in [5, 5.41) is 0. The van der Waals surface area contributed by atoms with E-state index in [1.54, 1.807) is 0 Å². The predicted molar refractivity (Wildman–Crippen MR) is 52.3 cm³/mol. The molecule has 1 aliphatic heterocycles. The fourth-order valence-corrected chi connectivity index (χ4v) is 1.74. The summed E-state index contributed by atoms with van der Waals surface area (Å²) in [4.78, 5) is 13.3. The van der Waals surface area contributed by atoms with Gasteiger partial charge in [0.15, 0.2) is 0 Å². The normalized spacial score (nSPS) is 27.7. The standard InChI is InChI=1S/C10H14N2O2/c11-8-1-3-9(4-2-8)12-5-6-14-7-10(12)13/h1-3,9H,4-7,11H2. The number of rotatable bonds is 1. The van der Waals surface area contributed by atoms with Crippen molar-refractivity contribution < 1.29 is 9.53 Å². The third kappa shape index (κ3) is 1.80. The summed E-state index contributed by atoms with van der Waals surface area (Å²) >= 11 is 0. The van der Waals surface area contributed by atoms with E-state index in [4.69, 9.17) is 10.5 Å². The molecule has 2 aliphatic rings. The second-order valence-electron chi connectivity index (χ2n) is 3.51. The molecule has 1 unspecified atom stereocenters. The van der Waals surface area contributed by atoms with Gasteiger partial charge in [0.25, 0.3) is 0 Å². The second-order valence-corrected chi connectivity index (χ2v) is 3.51. The Morgan fingerprint density at radius 1 is 1.57 bits per heavy atom. The molecule has 1 fully saturated rings. The Kier molecular flexibility index (Phi) is 2.54. The molecule has 2 N–H and O–H groups in total. The van der Waals surface area contributed by atoms with E-state index in [0.717, 1.165) is 12.1 Å². The first-order chi connectivity index (χ1) is 6.77. The van der Waals surface area contributed by atoms with Crippen LogP contribution in [0.4, 0.5) is 0 Å². The van der Waals surface area contributed by atoms with Crippen LogP contribution in [0, 0.1) is 0 Å². The highest BCUT2D eigenvalue weighted by Gasteiger charge is 2.25. The quantitative estimate of drug-likeness (QED) is 0.640. The van der Waals surface area contributed by atoms with E-state index in [0.29, 0.717) is 13.2 Å². The Morgan fingerprint density at radius 2 is 2.43 bits per heavy atom. The van der Waals surface area contributed by atoms with Crippen molar-refractivity contribution >= 4 is 5.91 Å². The number of morpholine rings is 1.